The number of hydrogen-bond acceptors (Lipinski definition) is 5. The van der Waals surface area contributed by atoms with Gasteiger partial charge in [-0.1, -0.05) is 18.2 Å². The predicted octanol–water partition coefficient (Wildman–Crippen LogP) is 2.73. The van der Waals surface area contributed by atoms with E-state index in [9.17, 15) is 4.79 Å². The van der Waals surface area contributed by atoms with E-state index < -0.39 is 0 Å². The molecular formula is C20H24N6O. The van der Waals surface area contributed by atoms with Gasteiger partial charge in [-0.15, -0.1) is 0 Å². The van der Waals surface area contributed by atoms with Crippen LogP contribution in [0.25, 0.3) is 11.4 Å². The smallest absolute Gasteiger partial charge is 0.251 e. The van der Waals surface area contributed by atoms with Crippen molar-refractivity contribution in [1.82, 2.24) is 25.1 Å². The van der Waals surface area contributed by atoms with Gasteiger partial charge in [0.05, 0.1) is 0 Å². The average Bonchev–Trinajstić information content (AvgIpc) is 3.01. The van der Waals surface area contributed by atoms with Crippen LogP contribution < -0.4 is 10.6 Å². The molecule has 0 saturated heterocycles. The third kappa shape index (κ3) is 4.91. The van der Waals surface area contributed by atoms with Crippen LogP contribution in [0.5, 0.6) is 0 Å². The number of aromatic nitrogens is 4. The molecule has 2 heterocycles. The Bertz CT molecular complexity index is 899. The van der Waals surface area contributed by atoms with Crippen molar-refractivity contribution in [2.24, 2.45) is 7.05 Å². The SMILES string of the molecule is Cc1ccc(NCCCNC(=O)c2ccc(-c3nc(C)nn3C)cc2)nc1. The van der Waals surface area contributed by atoms with Crippen LogP contribution in [-0.4, -0.2) is 38.7 Å². The fourth-order valence-electron chi connectivity index (χ4n) is 2.72. The van der Waals surface area contributed by atoms with Gasteiger partial charge in [-0.25, -0.2) is 14.6 Å². The largest absolute Gasteiger partial charge is 0.370 e. The van der Waals surface area contributed by atoms with Gasteiger partial charge in [0, 0.05) is 37.5 Å². The zero-order valence-corrected chi connectivity index (χ0v) is 15.9. The Labute approximate surface area is 158 Å². The lowest BCUT2D eigenvalue weighted by Crippen LogP contribution is -2.25. The van der Waals surface area contributed by atoms with Crippen molar-refractivity contribution >= 4 is 11.7 Å². The van der Waals surface area contributed by atoms with E-state index in [4.69, 9.17) is 0 Å². The molecule has 0 aliphatic heterocycles. The van der Waals surface area contributed by atoms with Gasteiger partial charge in [0.2, 0.25) is 0 Å². The van der Waals surface area contributed by atoms with Crippen LogP contribution in [0, 0.1) is 13.8 Å². The molecule has 7 nitrogen and oxygen atoms in total. The van der Waals surface area contributed by atoms with Gasteiger partial charge in [-0.3, -0.25) is 4.79 Å². The monoisotopic (exact) mass is 364 g/mol. The molecule has 0 aliphatic rings. The van der Waals surface area contributed by atoms with Gasteiger partial charge >= 0.3 is 0 Å². The van der Waals surface area contributed by atoms with Crippen molar-refractivity contribution in [2.75, 3.05) is 18.4 Å². The summed E-state index contributed by atoms with van der Waals surface area (Å²) in [7, 11) is 1.86. The summed E-state index contributed by atoms with van der Waals surface area (Å²) in [5.41, 5.74) is 2.70. The first-order valence-corrected chi connectivity index (χ1v) is 8.96. The van der Waals surface area contributed by atoms with Crippen LogP contribution in [-0.2, 0) is 7.05 Å². The summed E-state index contributed by atoms with van der Waals surface area (Å²) in [6, 6.07) is 11.4. The number of benzene rings is 1. The molecule has 0 aliphatic carbocycles. The molecule has 27 heavy (non-hydrogen) atoms. The topological polar surface area (TPSA) is 84.7 Å². The number of nitrogens with zero attached hydrogens (tertiary/aromatic N) is 4. The highest BCUT2D eigenvalue weighted by Crippen LogP contribution is 2.17. The Morgan fingerprint density at radius 3 is 2.48 bits per heavy atom. The molecule has 3 rings (SSSR count). The summed E-state index contributed by atoms with van der Waals surface area (Å²) in [5.74, 6) is 2.28. The minimum atomic E-state index is -0.0795. The van der Waals surface area contributed by atoms with E-state index in [2.05, 4.69) is 25.7 Å². The summed E-state index contributed by atoms with van der Waals surface area (Å²) in [5, 5.41) is 10.4. The molecule has 2 aromatic heterocycles. The maximum Gasteiger partial charge on any atom is 0.251 e. The highest BCUT2D eigenvalue weighted by Gasteiger charge is 2.09. The summed E-state index contributed by atoms with van der Waals surface area (Å²) in [4.78, 5) is 20.9. The van der Waals surface area contributed by atoms with Crippen molar-refractivity contribution in [1.29, 1.82) is 0 Å². The Morgan fingerprint density at radius 2 is 1.85 bits per heavy atom. The molecule has 3 aromatic rings. The van der Waals surface area contributed by atoms with Gasteiger partial charge in [0.1, 0.15) is 11.6 Å². The number of carbonyl (C=O) groups is 1. The Hall–Kier alpha value is -3.22. The van der Waals surface area contributed by atoms with E-state index in [-0.39, 0.29) is 5.91 Å². The summed E-state index contributed by atoms with van der Waals surface area (Å²) >= 11 is 0. The maximum atomic E-state index is 12.3. The molecule has 0 saturated carbocycles. The van der Waals surface area contributed by atoms with Crippen molar-refractivity contribution in [3.63, 3.8) is 0 Å². The molecule has 0 unspecified atom stereocenters. The van der Waals surface area contributed by atoms with E-state index in [1.165, 1.54) is 0 Å². The molecule has 1 aromatic carbocycles. The third-order valence-electron chi connectivity index (χ3n) is 4.13. The number of anilines is 1. The number of amides is 1. The van der Waals surface area contributed by atoms with Crippen LogP contribution in [0.4, 0.5) is 5.82 Å². The maximum absolute atomic E-state index is 12.3. The van der Waals surface area contributed by atoms with Crippen molar-refractivity contribution in [2.45, 2.75) is 20.3 Å². The molecule has 0 fully saturated rings. The van der Waals surface area contributed by atoms with Crippen LogP contribution >= 0.6 is 0 Å². The first-order chi connectivity index (χ1) is 13.0. The molecule has 0 spiro atoms. The third-order valence-corrected chi connectivity index (χ3v) is 4.13. The lowest BCUT2D eigenvalue weighted by atomic mass is 10.1. The number of pyridine rings is 1. The number of carbonyl (C=O) groups excluding carboxylic acids is 1. The Kier molecular flexibility index (Phi) is 5.80. The number of nitrogens with one attached hydrogen (secondary N) is 2. The fraction of sp³-hybridized carbons (Fsp3) is 0.300. The fourth-order valence-corrected chi connectivity index (χ4v) is 2.72. The number of hydrogen-bond donors (Lipinski definition) is 2. The lowest BCUT2D eigenvalue weighted by Gasteiger charge is -2.08. The minimum absolute atomic E-state index is 0.0795. The predicted molar refractivity (Wildman–Crippen MR) is 106 cm³/mol. The second kappa shape index (κ2) is 8.44. The Balaban J connectivity index is 1.45. The van der Waals surface area contributed by atoms with Crippen molar-refractivity contribution < 1.29 is 4.79 Å². The molecule has 1 amide bonds. The lowest BCUT2D eigenvalue weighted by molar-refractivity contribution is 0.0953. The molecule has 2 N–H and O–H groups in total. The molecule has 0 bridgehead atoms. The zero-order valence-electron chi connectivity index (χ0n) is 15.9. The minimum Gasteiger partial charge on any atom is -0.370 e. The highest BCUT2D eigenvalue weighted by molar-refractivity contribution is 5.94. The van der Waals surface area contributed by atoms with Gasteiger partial charge in [0.15, 0.2) is 5.82 Å². The quantitative estimate of drug-likeness (QED) is 0.630. The van der Waals surface area contributed by atoms with Gasteiger partial charge in [-0.05, 0) is 44.0 Å². The molecular weight excluding hydrogens is 340 g/mol. The summed E-state index contributed by atoms with van der Waals surface area (Å²) in [6.45, 7) is 5.21. The zero-order chi connectivity index (χ0) is 19.2. The van der Waals surface area contributed by atoms with Gasteiger partial charge in [0.25, 0.3) is 5.91 Å². The van der Waals surface area contributed by atoms with Crippen LogP contribution in [0.3, 0.4) is 0 Å². The van der Waals surface area contributed by atoms with Crippen molar-refractivity contribution in [3.8, 4) is 11.4 Å². The van der Waals surface area contributed by atoms with Gasteiger partial charge in [-0.2, -0.15) is 5.10 Å². The van der Waals surface area contributed by atoms with E-state index >= 15 is 0 Å². The average molecular weight is 364 g/mol. The van der Waals surface area contributed by atoms with E-state index in [1.807, 2.05) is 63.5 Å². The van der Waals surface area contributed by atoms with Crippen molar-refractivity contribution in [3.05, 3.63) is 59.5 Å². The Morgan fingerprint density at radius 1 is 1.07 bits per heavy atom. The molecule has 0 radical (unpaired) electrons. The molecule has 7 heteroatoms. The summed E-state index contributed by atoms with van der Waals surface area (Å²) in [6.07, 6.45) is 2.65. The standard InChI is InChI=1S/C20H24N6O/c1-14-5-10-18(23-13-14)21-11-4-12-22-20(27)17-8-6-16(7-9-17)19-24-15(2)25-26(19)3/h5-10,13H,4,11-12H2,1-3H3,(H,21,23)(H,22,27). The first kappa shape index (κ1) is 18.6. The van der Waals surface area contributed by atoms with Crippen LogP contribution in [0.1, 0.15) is 28.2 Å². The molecule has 140 valence electrons. The van der Waals surface area contributed by atoms with Crippen LogP contribution in [0.2, 0.25) is 0 Å². The normalized spacial score (nSPS) is 10.6. The summed E-state index contributed by atoms with van der Waals surface area (Å²) < 4.78 is 1.74. The first-order valence-electron chi connectivity index (χ1n) is 8.96. The second-order valence-electron chi connectivity index (χ2n) is 6.44. The van der Waals surface area contributed by atoms with E-state index in [1.54, 1.807) is 4.68 Å². The molecule has 0 atom stereocenters. The van der Waals surface area contributed by atoms with Gasteiger partial charge < -0.3 is 10.6 Å². The van der Waals surface area contributed by atoms with E-state index in [0.717, 1.165) is 41.6 Å². The number of rotatable bonds is 7. The highest BCUT2D eigenvalue weighted by atomic mass is 16.1. The van der Waals surface area contributed by atoms with E-state index in [0.29, 0.717) is 12.1 Å². The number of aryl methyl sites for hydroxylation is 3. The van der Waals surface area contributed by atoms with Crippen LogP contribution in [0.15, 0.2) is 42.6 Å². The second-order valence-corrected chi connectivity index (χ2v) is 6.44.